The monoisotopic (exact) mass is 210 g/mol. The normalized spacial score (nSPS) is 22.8. The number of rotatable bonds is 3. The van der Waals surface area contributed by atoms with Gasteiger partial charge in [0.15, 0.2) is 9.84 Å². The van der Waals surface area contributed by atoms with Crippen molar-refractivity contribution in [3.05, 3.63) is 0 Å². The van der Waals surface area contributed by atoms with Gasteiger partial charge >= 0.3 is 0 Å². The summed E-state index contributed by atoms with van der Waals surface area (Å²) in [6.07, 6.45) is 6.62. The topological polar surface area (TPSA) is 34.1 Å². The molecule has 0 N–H and O–H groups in total. The maximum atomic E-state index is 11.0. The van der Waals surface area contributed by atoms with E-state index in [2.05, 4.69) is 0 Å². The molecule has 1 saturated carbocycles. The van der Waals surface area contributed by atoms with Crippen LogP contribution in [0.3, 0.4) is 0 Å². The molecule has 1 unspecified atom stereocenters. The van der Waals surface area contributed by atoms with Crippen LogP contribution in [0.5, 0.6) is 0 Å². The maximum Gasteiger partial charge on any atom is 0.164 e. The van der Waals surface area contributed by atoms with E-state index in [0.29, 0.717) is 12.3 Å². The predicted molar refractivity (Wildman–Crippen MR) is 51.1 cm³/mol. The average Bonchev–Trinajstić information content (AvgIpc) is 2.37. The molecule has 1 aliphatic rings. The smallest absolute Gasteiger partial charge is 0.164 e. The van der Waals surface area contributed by atoms with Crippen LogP contribution in [0.1, 0.15) is 32.1 Å². The van der Waals surface area contributed by atoms with Crippen LogP contribution in [0.4, 0.5) is 0 Å². The van der Waals surface area contributed by atoms with Gasteiger partial charge in [-0.2, -0.15) is 0 Å². The van der Waals surface area contributed by atoms with Crippen molar-refractivity contribution in [3.8, 4) is 0 Å². The standard InChI is InChI=1S/C8H15ClO2S/c1-12(10,11)8(9)6-7-4-2-3-5-7/h7-8H,2-6H2,1H3. The van der Waals surface area contributed by atoms with Gasteiger partial charge in [0.2, 0.25) is 0 Å². The summed E-state index contributed by atoms with van der Waals surface area (Å²) >= 11 is 5.75. The lowest BCUT2D eigenvalue weighted by Crippen LogP contribution is -2.16. The molecular weight excluding hydrogens is 196 g/mol. The third-order valence-corrected chi connectivity index (χ3v) is 4.73. The molecule has 0 saturated heterocycles. The van der Waals surface area contributed by atoms with Gasteiger partial charge in [0, 0.05) is 6.26 Å². The molecule has 0 aliphatic heterocycles. The van der Waals surface area contributed by atoms with E-state index in [1.807, 2.05) is 0 Å². The summed E-state index contributed by atoms with van der Waals surface area (Å²) in [5.74, 6) is 0.544. The molecule has 1 rings (SSSR count). The molecule has 12 heavy (non-hydrogen) atoms. The highest BCUT2D eigenvalue weighted by atomic mass is 35.5. The molecule has 0 spiro atoms. The Morgan fingerprint density at radius 1 is 1.42 bits per heavy atom. The largest absolute Gasteiger partial charge is 0.228 e. The van der Waals surface area contributed by atoms with Crippen LogP contribution in [-0.2, 0) is 9.84 Å². The minimum Gasteiger partial charge on any atom is -0.228 e. The molecule has 1 aliphatic carbocycles. The first-order chi connectivity index (χ1) is 5.50. The molecule has 0 amide bonds. The van der Waals surface area contributed by atoms with E-state index < -0.39 is 14.5 Å². The fraction of sp³-hybridized carbons (Fsp3) is 1.00. The fourth-order valence-electron chi connectivity index (χ4n) is 1.68. The van der Waals surface area contributed by atoms with Gasteiger partial charge < -0.3 is 0 Å². The Morgan fingerprint density at radius 2 is 1.92 bits per heavy atom. The first-order valence-electron chi connectivity index (χ1n) is 4.33. The average molecular weight is 211 g/mol. The van der Waals surface area contributed by atoms with E-state index in [1.165, 1.54) is 19.1 Å². The van der Waals surface area contributed by atoms with Crippen LogP contribution in [0.2, 0.25) is 0 Å². The zero-order chi connectivity index (χ0) is 9.19. The third kappa shape index (κ3) is 2.94. The van der Waals surface area contributed by atoms with Gasteiger partial charge in [0.05, 0.1) is 0 Å². The van der Waals surface area contributed by atoms with Crippen molar-refractivity contribution >= 4 is 21.4 Å². The third-order valence-electron chi connectivity index (χ3n) is 2.46. The molecule has 0 heterocycles. The van der Waals surface area contributed by atoms with Gasteiger partial charge in [-0.05, 0) is 12.3 Å². The predicted octanol–water partition coefficient (Wildman–Crippen LogP) is 2.18. The molecule has 4 heteroatoms. The first-order valence-corrected chi connectivity index (χ1v) is 6.72. The minimum atomic E-state index is -3.02. The van der Waals surface area contributed by atoms with Gasteiger partial charge in [-0.3, -0.25) is 0 Å². The Labute approximate surface area is 79.2 Å². The molecule has 0 aromatic rings. The molecule has 2 nitrogen and oxygen atoms in total. The maximum absolute atomic E-state index is 11.0. The van der Waals surface area contributed by atoms with Crippen LogP contribution in [0.25, 0.3) is 0 Å². The van der Waals surface area contributed by atoms with E-state index >= 15 is 0 Å². The SMILES string of the molecule is CS(=O)(=O)C(Cl)CC1CCCC1. The lowest BCUT2D eigenvalue weighted by atomic mass is 10.1. The first kappa shape index (κ1) is 10.3. The second-order valence-electron chi connectivity index (χ2n) is 3.63. The highest BCUT2D eigenvalue weighted by Crippen LogP contribution is 2.31. The van der Waals surface area contributed by atoms with E-state index in [0.717, 1.165) is 12.8 Å². The van der Waals surface area contributed by atoms with Crippen molar-refractivity contribution in [2.45, 2.75) is 36.8 Å². The Balaban J connectivity index is 2.40. The lowest BCUT2D eigenvalue weighted by molar-refractivity contribution is 0.510. The van der Waals surface area contributed by atoms with Gasteiger partial charge in [0.25, 0.3) is 0 Å². The lowest BCUT2D eigenvalue weighted by Gasteiger charge is -2.12. The van der Waals surface area contributed by atoms with E-state index in [9.17, 15) is 8.42 Å². The van der Waals surface area contributed by atoms with Crippen LogP contribution >= 0.6 is 11.6 Å². The Hall–Kier alpha value is 0.240. The van der Waals surface area contributed by atoms with E-state index in [-0.39, 0.29) is 0 Å². The van der Waals surface area contributed by atoms with Gasteiger partial charge in [-0.25, -0.2) is 8.42 Å². The zero-order valence-corrected chi connectivity index (χ0v) is 8.87. The summed E-state index contributed by atoms with van der Waals surface area (Å²) in [6.45, 7) is 0. The summed E-state index contributed by atoms with van der Waals surface area (Å²) in [6, 6.07) is 0. The van der Waals surface area contributed by atoms with Gasteiger partial charge in [-0.15, -0.1) is 11.6 Å². The van der Waals surface area contributed by atoms with Crippen LogP contribution < -0.4 is 0 Å². The summed E-state index contributed by atoms with van der Waals surface area (Å²) < 4.78 is 21.3. The van der Waals surface area contributed by atoms with Crippen LogP contribution in [0.15, 0.2) is 0 Å². The van der Waals surface area contributed by atoms with Gasteiger partial charge in [0.1, 0.15) is 4.71 Å². The number of hydrogen-bond donors (Lipinski definition) is 0. The van der Waals surface area contributed by atoms with Crippen molar-refractivity contribution in [3.63, 3.8) is 0 Å². The van der Waals surface area contributed by atoms with E-state index in [1.54, 1.807) is 0 Å². The number of hydrogen-bond acceptors (Lipinski definition) is 2. The molecular formula is C8H15ClO2S. The molecule has 0 bridgehead atoms. The Morgan fingerprint density at radius 3 is 2.33 bits per heavy atom. The van der Waals surface area contributed by atoms with Gasteiger partial charge in [-0.1, -0.05) is 25.7 Å². The second kappa shape index (κ2) is 3.97. The molecule has 0 aromatic carbocycles. The van der Waals surface area contributed by atoms with Crippen molar-refractivity contribution in [2.75, 3.05) is 6.26 Å². The Kier molecular flexibility index (Phi) is 3.41. The van der Waals surface area contributed by atoms with Crippen molar-refractivity contribution in [1.82, 2.24) is 0 Å². The number of alkyl halides is 1. The van der Waals surface area contributed by atoms with Crippen molar-refractivity contribution < 1.29 is 8.42 Å². The van der Waals surface area contributed by atoms with Crippen LogP contribution in [-0.4, -0.2) is 19.4 Å². The molecule has 0 aromatic heterocycles. The van der Waals surface area contributed by atoms with E-state index in [4.69, 9.17) is 11.6 Å². The van der Waals surface area contributed by atoms with Crippen molar-refractivity contribution in [2.24, 2.45) is 5.92 Å². The highest BCUT2D eigenvalue weighted by Gasteiger charge is 2.24. The second-order valence-corrected chi connectivity index (χ2v) is 6.64. The number of halogens is 1. The summed E-state index contributed by atoms with van der Waals surface area (Å²) in [5, 5.41) is 0. The molecule has 1 atom stereocenters. The molecule has 72 valence electrons. The van der Waals surface area contributed by atoms with Crippen LogP contribution in [0, 0.1) is 5.92 Å². The summed E-state index contributed by atoms with van der Waals surface area (Å²) in [4.78, 5) is 0. The fourth-order valence-corrected chi connectivity index (χ4v) is 2.56. The van der Waals surface area contributed by atoms with Crippen molar-refractivity contribution in [1.29, 1.82) is 0 Å². The minimum absolute atomic E-state index is 0.544. The highest BCUT2D eigenvalue weighted by molar-refractivity contribution is 7.92. The Bertz CT molecular complexity index is 229. The molecule has 1 fully saturated rings. The summed E-state index contributed by atoms with van der Waals surface area (Å²) in [5.41, 5.74) is 0. The quantitative estimate of drug-likeness (QED) is 0.670. The number of sulfone groups is 1. The molecule has 0 radical (unpaired) electrons. The summed E-state index contributed by atoms with van der Waals surface area (Å²) in [7, 11) is -3.02. The zero-order valence-electron chi connectivity index (χ0n) is 7.29.